The molecule has 3 aliphatic heterocycles. The van der Waals surface area contributed by atoms with E-state index in [0.29, 0.717) is 12.1 Å². The molecule has 2 unspecified atom stereocenters. The van der Waals surface area contributed by atoms with Gasteiger partial charge in [-0.15, -0.1) is 0 Å². The Morgan fingerprint density at radius 2 is 2.00 bits per heavy atom. The Balaban J connectivity index is 1.21. The van der Waals surface area contributed by atoms with Crippen molar-refractivity contribution in [3.63, 3.8) is 0 Å². The second-order valence-corrected chi connectivity index (χ2v) is 7.84. The third kappa shape index (κ3) is 2.42. The summed E-state index contributed by atoms with van der Waals surface area (Å²) in [5.41, 5.74) is 4.90. The van der Waals surface area contributed by atoms with Crippen molar-refractivity contribution >= 4 is 11.0 Å². The van der Waals surface area contributed by atoms with E-state index >= 15 is 0 Å². The van der Waals surface area contributed by atoms with Crippen molar-refractivity contribution in [3.8, 4) is 5.75 Å². The Kier molecular flexibility index (Phi) is 3.52. The molecule has 1 aromatic heterocycles. The van der Waals surface area contributed by atoms with Gasteiger partial charge in [-0.2, -0.15) is 0 Å². The highest BCUT2D eigenvalue weighted by Gasteiger charge is 2.44. The van der Waals surface area contributed by atoms with E-state index in [9.17, 15) is 0 Å². The van der Waals surface area contributed by atoms with Crippen LogP contribution in [0.4, 0.5) is 0 Å². The van der Waals surface area contributed by atoms with Crippen LogP contribution in [-0.4, -0.2) is 47.7 Å². The van der Waals surface area contributed by atoms with E-state index in [4.69, 9.17) is 9.26 Å². The van der Waals surface area contributed by atoms with E-state index in [0.717, 1.165) is 68.0 Å². The highest BCUT2D eigenvalue weighted by molar-refractivity contribution is 5.79. The molecule has 5 nitrogen and oxygen atoms in total. The zero-order chi connectivity index (χ0) is 17.8. The van der Waals surface area contributed by atoms with Crippen molar-refractivity contribution in [1.29, 1.82) is 0 Å². The van der Waals surface area contributed by atoms with Gasteiger partial charge >= 0.3 is 0 Å². The highest BCUT2D eigenvalue weighted by Crippen LogP contribution is 2.50. The maximum atomic E-state index is 5.93. The SMILES string of the molecule is c1cc2c3c(c1)C1CN(CCc4noc5ccccc45)CCN1C3CCO2. The maximum Gasteiger partial charge on any atom is 0.167 e. The third-order valence-electron chi connectivity index (χ3n) is 6.46. The number of nitrogens with zero attached hydrogens (tertiary/aromatic N) is 3. The van der Waals surface area contributed by atoms with E-state index in [1.165, 1.54) is 11.1 Å². The molecule has 0 spiro atoms. The van der Waals surface area contributed by atoms with Crippen LogP contribution >= 0.6 is 0 Å². The molecule has 2 atom stereocenters. The van der Waals surface area contributed by atoms with Crippen molar-refractivity contribution in [2.24, 2.45) is 0 Å². The summed E-state index contributed by atoms with van der Waals surface area (Å²) in [6, 6.07) is 15.8. The molecule has 138 valence electrons. The van der Waals surface area contributed by atoms with E-state index < -0.39 is 0 Å². The van der Waals surface area contributed by atoms with Gasteiger partial charge in [0, 0.05) is 62.1 Å². The standard InChI is InChI=1S/C22H23N3O2/c1-2-6-20-15(4-1)17(23-27-20)8-10-24-11-12-25-18-9-13-26-21-7-3-5-16(22(18)21)19(25)14-24/h1-7,18-19H,8-14H2. The summed E-state index contributed by atoms with van der Waals surface area (Å²) in [6.45, 7) is 5.20. The van der Waals surface area contributed by atoms with Crippen LogP contribution in [0.2, 0.25) is 0 Å². The van der Waals surface area contributed by atoms with Crippen molar-refractivity contribution in [2.75, 3.05) is 32.8 Å². The first-order valence-corrected chi connectivity index (χ1v) is 9.95. The van der Waals surface area contributed by atoms with E-state index in [1.54, 1.807) is 0 Å². The lowest BCUT2D eigenvalue weighted by Crippen LogP contribution is -2.47. The molecule has 0 bridgehead atoms. The fraction of sp³-hybridized carbons (Fsp3) is 0.409. The minimum absolute atomic E-state index is 0.495. The van der Waals surface area contributed by atoms with Crippen LogP contribution in [-0.2, 0) is 6.42 Å². The fourth-order valence-electron chi connectivity index (χ4n) is 5.18. The smallest absolute Gasteiger partial charge is 0.167 e. The maximum absolute atomic E-state index is 5.93. The number of piperazine rings is 1. The third-order valence-corrected chi connectivity index (χ3v) is 6.46. The molecule has 3 aromatic rings. The first-order chi connectivity index (χ1) is 13.4. The normalized spacial score (nSPS) is 24.6. The van der Waals surface area contributed by atoms with Gasteiger partial charge in [-0.1, -0.05) is 29.4 Å². The molecule has 6 rings (SSSR count). The molecule has 5 heteroatoms. The topological polar surface area (TPSA) is 41.7 Å². The van der Waals surface area contributed by atoms with E-state index in [-0.39, 0.29) is 0 Å². The van der Waals surface area contributed by atoms with Crippen molar-refractivity contribution in [3.05, 3.63) is 59.3 Å². The molecule has 0 aliphatic carbocycles. The van der Waals surface area contributed by atoms with E-state index in [1.807, 2.05) is 12.1 Å². The summed E-state index contributed by atoms with van der Waals surface area (Å²) in [6.07, 6.45) is 2.05. The number of aromatic nitrogens is 1. The molecule has 0 amide bonds. The Labute approximate surface area is 158 Å². The van der Waals surface area contributed by atoms with Crippen LogP contribution in [0.5, 0.6) is 5.75 Å². The molecule has 0 saturated carbocycles. The zero-order valence-corrected chi connectivity index (χ0v) is 15.3. The summed E-state index contributed by atoms with van der Waals surface area (Å²) in [5, 5.41) is 5.45. The lowest BCUT2D eigenvalue weighted by molar-refractivity contribution is 0.0451. The van der Waals surface area contributed by atoms with Crippen LogP contribution in [0.15, 0.2) is 47.0 Å². The Hall–Kier alpha value is -2.37. The van der Waals surface area contributed by atoms with Gasteiger partial charge in [0.1, 0.15) is 5.75 Å². The van der Waals surface area contributed by atoms with Gasteiger partial charge in [0.05, 0.1) is 12.3 Å². The van der Waals surface area contributed by atoms with Gasteiger partial charge in [-0.3, -0.25) is 9.80 Å². The second kappa shape index (κ2) is 6.08. The number of rotatable bonds is 3. The predicted octanol–water partition coefficient (Wildman–Crippen LogP) is 3.57. The Bertz CT molecular complexity index is 998. The van der Waals surface area contributed by atoms with Crippen LogP contribution in [0.1, 0.15) is 35.3 Å². The summed E-state index contributed by atoms with van der Waals surface area (Å²) in [5.74, 6) is 1.11. The van der Waals surface area contributed by atoms with Crippen molar-refractivity contribution < 1.29 is 9.26 Å². The summed E-state index contributed by atoms with van der Waals surface area (Å²) in [7, 11) is 0. The van der Waals surface area contributed by atoms with Crippen LogP contribution < -0.4 is 4.74 Å². The molecular weight excluding hydrogens is 338 g/mol. The quantitative estimate of drug-likeness (QED) is 0.713. The van der Waals surface area contributed by atoms with Gasteiger partial charge < -0.3 is 9.26 Å². The molecule has 27 heavy (non-hydrogen) atoms. The lowest BCUT2D eigenvalue weighted by Gasteiger charge is -2.40. The van der Waals surface area contributed by atoms with Gasteiger partial charge in [0.15, 0.2) is 5.58 Å². The average Bonchev–Trinajstić information content (AvgIpc) is 3.28. The molecule has 0 radical (unpaired) electrons. The highest BCUT2D eigenvalue weighted by atomic mass is 16.5. The Morgan fingerprint density at radius 3 is 3.00 bits per heavy atom. The van der Waals surface area contributed by atoms with Gasteiger partial charge in [-0.25, -0.2) is 0 Å². The van der Waals surface area contributed by atoms with Crippen molar-refractivity contribution in [1.82, 2.24) is 15.0 Å². The minimum Gasteiger partial charge on any atom is -0.493 e. The number of ether oxygens (including phenoxy) is 1. The van der Waals surface area contributed by atoms with Crippen LogP contribution in [0, 0.1) is 0 Å². The second-order valence-electron chi connectivity index (χ2n) is 7.84. The number of para-hydroxylation sites is 1. The molecule has 0 N–H and O–H groups in total. The first-order valence-electron chi connectivity index (χ1n) is 9.95. The largest absolute Gasteiger partial charge is 0.493 e. The predicted molar refractivity (Wildman–Crippen MR) is 103 cm³/mol. The molecule has 4 heterocycles. The van der Waals surface area contributed by atoms with E-state index in [2.05, 4.69) is 45.3 Å². The van der Waals surface area contributed by atoms with Gasteiger partial charge in [-0.05, 0) is 23.8 Å². The molecule has 3 aliphatic rings. The summed E-state index contributed by atoms with van der Waals surface area (Å²) in [4.78, 5) is 5.29. The van der Waals surface area contributed by atoms with Gasteiger partial charge in [0.25, 0.3) is 0 Å². The summed E-state index contributed by atoms with van der Waals surface area (Å²) < 4.78 is 11.4. The monoisotopic (exact) mass is 361 g/mol. The first kappa shape index (κ1) is 15.7. The average molecular weight is 361 g/mol. The lowest BCUT2D eigenvalue weighted by atomic mass is 9.97. The molecule has 1 saturated heterocycles. The number of hydrogen-bond donors (Lipinski definition) is 0. The minimum atomic E-state index is 0.495. The number of hydrogen-bond acceptors (Lipinski definition) is 5. The Morgan fingerprint density at radius 1 is 1.04 bits per heavy atom. The molecular formula is C22H23N3O2. The van der Waals surface area contributed by atoms with Crippen molar-refractivity contribution in [2.45, 2.75) is 24.9 Å². The molecule has 1 fully saturated rings. The van der Waals surface area contributed by atoms with Crippen LogP contribution in [0.3, 0.4) is 0 Å². The fourth-order valence-corrected chi connectivity index (χ4v) is 5.18. The van der Waals surface area contributed by atoms with Crippen LogP contribution in [0.25, 0.3) is 11.0 Å². The summed E-state index contributed by atoms with van der Waals surface area (Å²) >= 11 is 0. The van der Waals surface area contributed by atoms with Gasteiger partial charge in [0.2, 0.25) is 0 Å². The number of benzene rings is 2. The zero-order valence-electron chi connectivity index (χ0n) is 15.3. The number of fused-ring (bicyclic) bond motifs is 4. The molecule has 2 aromatic carbocycles.